The fourth-order valence-corrected chi connectivity index (χ4v) is 3.22. The molecule has 0 saturated carbocycles. The zero-order valence-corrected chi connectivity index (χ0v) is 12.9. The van der Waals surface area contributed by atoms with Gasteiger partial charge in [0.1, 0.15) is 11.6 Å². The second-order valence-electron chi connectivity index (χ2n) is 5.94. The number of piperidine rings is 1. The molecule has 23 heavy (non-hydrogen) atoms. The number of ether oxygens (including phenoxy) is 1. The van der Waals surface area contributed by atoms with Crippen LogP contribution in [-0.4, -0.2) is 29.9 Å². The first kappa shape index (κ1) is 15.6. The van der Waals surface area contributed by atoms with E-state index in [0.29, 0.717) is 17.7 Å². The summed E-state index contributed by atoms with van der Waals surface area (Å²) in [6.45, 7) is 1.18. The summed E-state index contributed by atoms with van der Waals surface area (Å²) < 4.78 is 28.7. The molecule has 0 unspecified atom stereocenters. The van der Waals surface area contributed by atoms with E-state index in [0.717, 1.165) is 30.9 Å². The molecule has 1 aromatic heterocycles. The smallest absolute Gasteiger partial charge is 0.387 e. The van der Waals surface area contributed by atoms with Crippen LogP contribution in [0.3, 0.4) is 0 Å². The van der Waals surface area contributed by atoms with Crippen LogP contribution in [0.15, 0.2) is 30.3 Å². The number of anilines is 2. The Kier molecular flexibility index (Phi) is 4.36. The number of benzene rings is 1. The van der Waals surface area contributed by atoms with Gasteiger partial charge in [0.2, 0.25) is 0 Å². The van der Waals surface area contributed by atoms with Crippen molar-refractivity contribution in [3.05, 3.63) is 36.0 Å². The van der Waals surface area contributed by atoms with Gasteiger partial charge in [-0.1, -0.05) is 6.92 Å². The average Bonchev–Trinajstić information content (AvgIpc) is 2.93. The van der Waals surface area contributed by atoms with Crippen LogP contribution in [-0.2, 0) is 0 Å². The molecule has 0 spiro atoms. The Hall–Kier alpha value is -2.31. The third kappa shape index (κ3) is 3.55. The fourth-order valence-electron chi connectivity index (χ4n) is 3.22. The highest BCUT2D eigenvalue weighted by Gasteiger charge is 2.28. The molecule has 5 nitrogen and oxygen atoms in total. The van der Waals surface area contributed by atoms with Crippen LogP contribution in [0.1, 0.15) is 25.0 Å². The maximum atomic E-state index is 12.2. The number of nitrogen functional groups attached to an aromatic ring is 1. The van der Waals surface area contributed by atoms with Crippen LogP contribution < -0.4 is 15.4 Å². The molecule has 2 heterocycles. The van der Waals surface area contributed by atoms with Crippen molar-refractivity contribution in [1.29, 1.82) is 0 Å². The molecule has 2 atom stereocenters. The Balaban J connectivity index is 1.65. The molecule has 1 fully saturated rings. The SMILES string of the molecule is C[C@H]1CN(c2ccc(OC(F)F)cc2)CC[C@H]1c1cc(N)n[nH]1. The number of aromatic nitrogens is 2. The van der Waals surface area contributed by atoms with E-state index < -0.39 is 6.61 Å². The number of alkyl halides is 2. The molecule has 2 aromatic rings. The largest absolute Gasteiger partial charge is 0.435 e. The second-order valence-corrected chi connectivity index (χ2v) is 5.94. The Morgan fingerprint density at radius 2 is 2.09 bits per heavy atom. The van der Waals surface area contributed by atoms with Crippen LogP contribution in [0, 0.1) is 5.92 Å². The van der Waals surface area contributed by atoms with Crippen molar-refractivity contribution in [2.75, 3.05) is 23.7 Å². The highest BCUT2D eigenvalue weighted by Crippen LogP contribution is 2.34. The summed E-state index contributed by atoms with van der Waals surface area (Å²) in [4.78, 5) is 2.26. The molecule has 0 radical (unpaired) electrons. The summed E-state index contributed by atoms with van der Waals surface area (Å²) >= 11 is 0. The van der Waals surface area contributed by atoms with Crippen LogP contribution >= 0.6 is 0 Å². The van der Waals surface area contributed by atoms with Gasteiger partial charge in [0, 0.05) is 36.5 Å². The van der Waals surface area contributed by atoms with Crippen LogP contribution in [0.5, 0.6) is 5.75 Å². The summed E-state index contributed by atoms with van der Waals surface area (Å²) in [6.07, 6.45) is 0.984. The van der Waals surface area contributed by atoms with Gasteiger partial charge in [0.25, 0.3) is 0 Å². The monoisotopic (exact) mass is 322 g/mol. The molecule has 3 rings (SSSR count). The zero-order valence-electron chi connectivity index (χ0n) is 12.9. The molecule has 7 heteroatoms. The maximum absolute atomic E-state index is 12.2. The number of hydrogen-bond donors (Lipinski definition) is 2. The van der Waals surface area contributed by atoms with Gasteiger partial charge in [-0.05, 0) is 36.6 Å². The lowest BCUT2D eigenvalue weighted by molar-refractivity contribution is -0.0498. The minimum Gasteiger partial charge on any atom is -0.435 e. The zero-order chi connectivity index (χ0) is 16.4. The number of halogens is 2. The first-order valence-electron chi connectivity index (χ1n) is 7.63. The van der Waals surface area contributed by atoms with Crippen molar-refractivity contribution >= 4 is 11.5 Å². The van der Waals surface area contributed by atoms with E-state index in [-0.39, 0.29) is 5.75 Å². The van der Waals surface area contributed by atoms with Gasteiger partial charge in [-0.3, -0.25) is 5.10 Å². The molecule has 1 aliphatic heterocycles. The predicted molar refractivity (Wildman–Crippen MR) is 84.8 cm³/mol. The van der Waals surface area contributed by atoms with Gasteiger partial charge in [-0.15, -0.1) is 0 Å². The molecular formula is C16H20F2N4O. The third-order valence-corrected chi connectivity index (χ3v) is 4.35. The molecule has 3 N–H and O–H groups in total. The summed E-state index contributed by atoms with van der Waals surface area (Å²) in [5.74, 6) is 1.53. The highest BCUT2D eigenvalue weighted by molar-refractivity contribution is 5.49. The van der Waals surface area contributed by atoms with Crippen molar-refractivity contribution in [2.45, 2.75) is 25.9 Å². The number of aromatic amines is 1. The summed E-state index contributed by atoms with van der Waals surface area (Å²) in [6, 6.07) is 8.69. The van der Waals surface area contributed by atoms with Crippen molar-refractivity contribution in [2.24, 2.45) is 5.92 Å². The molecule has 1 aromatic carbocycles. The van der Waals surface area contributed by atoms with Gasteiger partial charge in [0.05, 0.1) is 0 Å². The Labute approximate surface area is 133 Å². The van der Waals surface area contributed by atoms with E-state index >= 15 is 0 Å². The van der Waals surface area contributed by atoms with Crippen molar-refractivity contribution in [1.82, 2.24) is 10.2 Å². The average molecular weight is 322 g/mol. The lowest BCUT2D eigenvalue weighted by Gasteiger charge is -2.37. The van der Waals surface area contributed by atoms with E-state index in [2.05, 4.69) is 26.8 Å². The fraction of sp³-hybridized carbons (Fsp3) is 0.438. The minimum absolute atomic E-state index is 0.180. The summed E-state index contributed by atoms with van der Waals surface area (Å²) in [7, 11) is 0. The minimum atomic E-state index is -2.79. The number of H-pyrrole nitrogens is 1. The Bertz CT molecular complexity index is 644. The molecule has 0 bridgehead atoms. The number of nitrogens with one attached hydrogen (secondary N) is 1. The van der Waals surface area contributed by atoms with E-state index in [1.807, 2.05) is 18.2 Å². The van der Waals surface area contributed by atoms with Gasteiger partial charge in [-0.2, -0.15) is 13.9 Å². The van der Waals surface area contributed by atoms with Gasteiger partial charge in [0.15, 0.2) is 0 Å². The Morgan fingerprint density at radius 1 is 1.35 bits per heavy atom. The van der Waals surface area contributed by atoms with Crippen LogP contribution in [0.2, 0.25) is 0 Å². The van der Waals surface area contributed by atoms with E-state index in [1.165, 1.54) is 0 Å². The second kappa shape index (κ2) is 6.44. The molecule has 0 amide bonds. The van der Waals surface area contributed by atoms with E-state index in [9.17, 15) is 8.78 Å². The van der Waals surface area contributed by atoms with Gasteiger partial charge >= 0.3 is 6.61 Å². The highest BCUT2D eigenvalue weighted by atomic mass is 19.3. The number of rotatable bonds is 4. The summed E-state index contributed by atoms with van der Waals surface area (Å²) in [5, 5.41) is 7.01. The van der Waals surface area contributed by atoms with Gasteiger partial charge < -0.3 is 15.4 Å². The summed E-state index contributed by atoms with van der Waals surface area (Å²) in [5.41, 5.74) is 7.77. The van der Waals surface area contributed by atoms with Crippen LogP contribution in [0.4, 0.5) is 20.3 Å². The van der Waals surface area contributed by atoms with Crippen LogP contribution in [0.25, 0.3) is 0 Å². The van der Waals surface area contributed by atoms with E-state index in [4.69, 9.17) is 5.73 Å². The number of nitrogens with two attached hydrogens (primary N) is 1. The van der Waals surface area contributed by atoms with Crippen molar-refractivity contribution in [3.8, 4) is 5.75 Å². The van der Waals surface area contributed by atoms with E-state index in [1.54, 1.807) is 12.1 Å². The topological polar surface area (TPSA) is 67.2 Å². The Morgan fingerprint density at radius 3 is 2.65 bits per heavy atom. The standard InChI is InChI=1S/C16H20F2N4O/c1-10-9-22(7-6-13(10)14-8-15(19)21-20-14)11-2-4-12(5-3-11)23-16(17)18/h2-5,8,10,13,16H,6-7,9H2,1H3,(H3,19,20,21)/t10-,13+/m0/s1. The van der Waals surface area contributed by atoms with Gasteiger partial charge in [-0.25, -0.2) is 0 Å². The maximum Gasteiger partial charge on any atom is 0.387 e. The molecule has 1 saturated heterocycles. The first-order chi connectivity index (χ1) is 11.0. The third-order valence-electron chi connectivity index (χ3n) is 4.35. The normalized spacial score (nSPS) is 21.7. The molecular weight excluding hydrogens is 302 g/mol. The lowest BCUT2D eigenvalue weighted by Crippen LogP contribution is -2.38. The number of hydrogen-bond acceptors (Lipinski definition) is 4. The van der Waals surface area contributed by atoms with Crippen molar-refractivity contribution < 1.29 is 13.5 Å². The molecule has 1 aliphatic rings. The predicted octanol–water partition coefficient (Wildman–Crippen LogP) is 3.22. The lowest BCUT2D eigenvalue weighted by atomic mass is 9.84. The molecule has 0 aliphatic carbocycles. The van der Waals surface area contributed by atoms with Crippen molar-refractivity contribution in [3.63, 3.8) is 0 Å². The molecule has 124 valence electrons. The first-order valence-corrected chi connectivity index (χ1v) is 7.63. The number of nitrogens with zero attached hydrogens (tertiary/aromatic N) is 2. The quantitative estimate of drug-likeness (QED) is 0.907.